The van der Waals surface area contributed by atoms with Crippen LogP contribution in [0.1, 0.15) is 72.0 Å². The fraction of sp³-hybridized carbons (Fsp3) is 0.650. The van der Waals surface area contributed by atoms with Crippen LogP contribution >= 0.6 is 0 Å². The molecule has 1 amide bonds. The van der Waals surface area contributed by atoms with Crippen LogP contribution in [0, 0.1) is 0 Å². The van der Waals surface area contributed by atoms with Crippen LogP contribution < -0.4 is 11.1 Å². The molecule has 0 saturated carbocycles. The molecular weight excluding hydrogens is 356 g/mol. The number of nitrogens with one attached hydrogen (secondary N) is 1. The molecule has 0 fully saturated rings. The van der Waals surface area contributed by atoms with Gasteiger partial charge in [0.15, 0.2) is 17.0 Å². The van der Waals surface area contributed by atoms with Gasteiger partial charge in [0.1, 0.15) is 17.9 Å². The molecular formula is C20H32N6O2. The normalized spacial score (nSPS) is 11.7. The molecule has 0 aliphatic rings. The summed E-state index contributed by atoms with van der Waals surface area (Å²) in [6.07, 6.45) is 5.98. The van der Waals surface area contributed by atoms with Gasteiger partial charge >= 0.3 is 0 Å². The lowest BCUT2D eigenvalue weighted by Gasteiger charge is -2.20. The van der Waals surface area contributed by atoms with Gasteiger partial charge in [-0.15, -0.1) is 0 Å². The van der Waals surface area contributed by atoms with E-state index in [9.17, 15) is 9.59 Å². The molecule has 8 heteroatoms. The summed E-state index contributed by atoms with van der Waals surface area (Å²) >= 11 is 0. The first-order valence-electron chi connectivity index (χ1n) is 9.99. The van der Waals surface area contributed by atoms with Gasteiger partial charge in [0.25, 0.3) is 0 Å². The van der Waals surface area contributed by atoms with Gasteiger partial charge in [-0.05, 0) is 33.6 Å². The minimum absolute atomic E-state index is 0.0875. The Hall–Kier alpha value is -2.51. The van der Waals surface area contributed by atoms with E-state index in [0.717, 1.165) is 30.7 Å². The summed E-state index contributed by atoms with van der Waals surface area (Å²) < 4.78 is 2.04. The van der Waals surface area contributed by atoms with Crippen LogP contribution in [-0.4, -0.2) is 36.7 Å². The Kier molecular flexibility index (Phi) is 7.48. The SMILES string of the molecule is CCCCc1nc2c(N)ncnc2n1CCCC(=O)CCC(=O)NC(C)(C)C. The van der Waals surface area contributed by atoms with Crippen LogP contribution in [-0.2, 0) is 22.6 Å². The number of nitrogens with two attached hydrogens (primary N) is 1. The van der Waals surface area contributed by atoms with Crippen molar-refractivity contribution in [3.05, 3.63) is 12.2 Å². The number of nitrogens with zero attached hydrogens (tertiary/aromatic N) is 4. The quantitative estimate of drug-likeness (QED) is 0.646. The monoisotopic (exact) mass is 388 g/mol. The Morgan fingerprint density at radius 1 is 1.14 bits per heavy atom. The van der Waals surface area contributed by atoms with E-state index in [0.29, 0.717) is 30.7 Å². The van der Waals surface area contributed by atoms with Crippen LogP contribution in [0.25, 0.3) is 11.2 Å². The first-order chi connectivity index (χ1) is 13.2. The first-order valence-corrected chi connectivity index (χ1v) is 9.99. The Morgan fingerprint density at radius 3 is 2.57 bits per heavy atom. The molecule has 0 unspecified atom stereocenters. The maximum atomic E-state index is 12.2. The fourth-order valence-electron chi connectivity index (χ4n) is 3.05. The third-order valence-electron chi connectivity index (χ3n) is 4.38. The van der Waals surface area contributed by atoms with Crippen molar-refractivity contribution in [2.75, 3.05) is 5.73 Å². The van der Waals surface area contributed by atoms with Crippen molar-refractivity contribution >= 4 is 28.7 Å². The molecule has 0 spiro atoms. The van der Waals surface area contributed by atoms with Gasteiger partial charge in [-0.3, -0.25) is 9.59 Å². The highest BCUT2D eigenvalue weighted by molar-refractivity contribution is 5.85. The number of rotatable bonds is 10. The summed E-state index contributed by atoms with van der Waals surface area (Å²) in [5.74, 6) is 1.32. The molecule has 8 nitrogen and oxygen atoms in total. The maximum absolute atomic E-state index is 12.2. The third-order valence-corrected chi connectivity index (χ3v) is 4.38. The van der Waals surface area contributed by atoms with Crippen LogP contribution in [0.2, 0.25) is 0 Å². The molecule has 0 aliphatic carbocycles. The number of hydrogen-bond donors (Lipinski definition) is 2. The zero-order valence-corrected chi connectivity index (χ0v) is 17.4. The van der Waals surface area contributed by atoms with Crippen molar-refractivity contribution in [2.24, 2.45) is 0 Å². The topological polar surface area (TPSA) is 116 Å². The Bertz CT molecular complexity index is 822. The van der Waals surface area contributed by atoms with Gasteiger partial charge < -0.3 is 15.6 Å². The number of carbonyl (C=O) groups is 2. The molecule has 2 aromatic heterocycles. The number of hydrogen-bond acceptors (Lipinski definition) is 6. The molecule has 0 bridgehead atoms. The lowest BCUT2D eigenvalue weighted by Crippen LogP contribution is -2.40. The average molecular weight is 389 g/mol. The van der Waals surface area contributed by atoms with Gasteiger partial charge in [0.2, 0.25) is 5.91 Å². The summed E-state index contributed by atoms with van der Waals surface area (Å²) in [5.41, 5.74) is 7.00. The summed E-state index contributed by atoms with van der Waals surface area (Å²) in [4.78, 5) is 37.0. The number of anilines is 1. The van der Waals surface area contributed by atoms with E-state index in [1.165, 1.54) is 6.33 Å². The molecule has 154 valence electrons. The Labute approximate surface area is 166 Å². The second-order valence-corrected chi connectivity index (χ2v) is 8.15. The van der Waals surface area contributed by atoms with Crippen molar-refractivity contribution in [2.45, 2.75) is 84.7 Å². The van der Waals surface area contributed by atoms with E-state index in [1.807, 2.05) is 25.3 Å². The molecule has 0 atom stereocenters. The smallest absolute Gasteiger partial charge is 0.220 e. The van der Waals surface area contributed by atoms with E-state index in [-0.39, 0.29) is 30.1 Å². The number of nitrogen functional groups attached to an aromatic ring is 1. The van der Waals surface area contributed by atoms with Gasteiger partial charge in [-0.1, -0.05) is 13.3 Å². The number of amides is 1. The van der Waals surface area contributed by atoms with Crippen LogP contribution in [0.3, 0.4) is 0 Å². The van der Waals surface area contributed by atoms with Gasteiger partial charge in [-0.2, -0.15) is 0 Å². The Morgan fingerprint density at radius 2 is 1.89 bits per heavy atom. The highest BCUT2D eigenvalue weighted by Crippen LogP contribution is 2.20. The number of imidazole rings is 1. The summed E-state index contributed by atoms with van der Waals surface area (Å²) in [7, 11) is 0. The zero-order valence-electron chi connectivity index (χ0n) is 17.4. The highest BCUT2D eigenvalue weighted by Gasteiger charge is 2.16. The molecule has 0 aliphatic heterocycles. The third kappa shape index (κ3) is 6.28. The summed E-state index contributed by atoms with van der Waals surface area (Å²) in [6.45, 7) is 8.55. The largest absolute Gasteiger partial charge is 0.382 e. The molecule has 2 rings (SSSR count). The number of unbranched alkanes of at least 4 members (excludes halogenated alkanes) is 1. The molecule has 2 heterocycles. The van der Waals surface area contributed by atoms with Gasteiger partial charge in [0, 0.05) is 37.8 Å². The van der Waals surface area contributed by atoms with Gasteiger partial charge in [0.05, 0.1) is 0 Å². The van der Waals surface area contributed by atoms with Crippen molar-refractivity contribution in [3.8, 4) is 0 Å². The molecule has 2 aromatic rings. The first kappa shape index (κ1) is 21.8. The average Bonchev–Trinajstić information content (AvgIpc) is 2.96. The molecule has 3 N–H and O–H groups in total. The Balaban J connectivity index is 1.93. The van der Waals surface area contributed by atoms with Gasteiger partial charge in [-0.25, -0.2) is 15.0 Å². The number of Topliss-reactive ketones (excluding diaryl/α,β-unsaturated/α-hetero) is 1. The summed E-state index contributed by atoms with van der Waals surface area (Å²) in [6, 6.07) is 0. The number of aryl methyl sites for hydroxylation is 2. The lowest BCUT2D eigenvalue weighted by molar-refractivity contribution is -0.126. The summed E-state index contributed by atoms with van der Waals surface area (Å²) in [5, 5.41) is 2.88. The molecule has 0 aromatic carbocycles. The minimum atomic E-state index is -0.277. The number of carbonyl (C=O) groups excluding carboxylic acids is 2. The number of fused-ring (bicyclic) bond motifs is 1. The standard InChI is InChI=1S/C20H32N6O2/c1-5-6-9-15-24-17-18(21)22-13-23-19(17)26(15)12-7-8-14(27)10-11-16(28)25-20(2,3)4/h13H,5-12H2,1-4H3,(H,25,28)(H2,21,22,23). The lowest BCUT2D eigenvalue weighted by atomic mass is 10.1. The van der Waals surface area contributed by atoms with E-state index in [4.69, 9.17) is 5.73 Å². The van der Waals surface area contributed by atoms with Crippen molar-refractivity contribution in [1.82, 2.24) is 24.8 Å². The van der Waals surface area contributed by atoms with Crippen molar-refractivity contribution in [1.29, 1.82) is 0 Å². The predicted molar refractivity (Wildman–Crippen MR) is 110 cm³/mol. The predicted octanol–water partition coefficient (Wildman–Crippen LogP) is 2.80. The van der Waals surface area contributed by atoms with E-state index >= 15 is 0 Å². The number of aromatic nitrogens is 4. The molecule has 0 radical (unpaired) electrons. The van der Waals surface area contributed by atoms with Crippen LogP contribution in [0.4, 0.5) is 5.82 Å². The van der Waals surface area contributed by atoms with Crippen LogP contribution in [0.15, 0.2) is 6.33 Å². The number of ketones is 1. The fourth-order valence-corrected chi connectivity index (χ4v) is 3.05. The van der Waals surface area contributed by atoms with E-state index < -0.39 is 0 Å². The highest BCUT2D eigenvalue weighted by atomic mass is 16.2. The van der Waals surface area contributed by atoms with E-state index in [1.54, 1.807) is 0 Å². The second-order valence-electron chi connectivity index (χ2n) is 8.15. The molecule has 0 saturated heterocycles. The zero-order chi connectivity index (χ0) is 20.7. The second kappa shape index (κ2) is 9.61. The van der Waals surface area contributed by atoms with Crippen molar-refractivity contribution < 1.29 is 9.59 Å². The molecule has 28 heavy (non-hydrogen) atoms. The van der Waals surface area contributed by atoms with Crippen molar-refractivity contribution in [3.63, 3.8) is 0 Å². The van der Waals surface area contributed by atoms with E-state index in [2.05, 4.69) is 27.2 Å². The minimum Gasteiger partial charge on any atom is -0.382 e. The van der Waals surface area contributed by atoms with Crippen LogP contribution in [0.5, 0.6) is 0 Å². The maximum Gasteiger partial charge on any atom is 0.220 e.